The third kappa shape index (κ3) is 2.92. The third-order valence-electron chi connectivity index (χ3n) is 4.07. The number of nitrogens with zero attached hydrogens (tertiary/aromatic N) is 2. The second kappa shape index (κ2) is 6.70. The van der Waals surface area contributed by atoms with Crippen molar-refractivity contribution in [1.29, 1.82) is 0 Å². The van der Waals surface area contributed by atoms with E-state index in [1.807, 2.05) is 30.5 Å². The van der Waals surface area contributed by atoms with Crippen LogP contribution in [0.15, 0.2) is 49.1 Å². The summed E-state index contributed by atoms with van der Waals surface area (Å²) in [6.45, 7) is 8.36. The monoisotopic (exact) mass is 339 g/mol. The number of pyridine rings is 1. The van der Waals surface area contributed by atoms with Crippen LogP contribution in [0.1, 0.15) is 39.3 Å². The summed E-state index contributed by atoms with van der Waals surface area (Å²) in [5, 5.41) is 1.92. The van der Waals surface area contributed by atoms with Crippen molar-refractivity contribution in [2.75, 3.05) is 0 Å². The van der Waals surface area contributed by atoms with Crippen LogP contribution in [0.25, 0.3) is 27.5 Å². The first-order valence-corrected chi connectivity index (χ1v) is 8.74. The summed E-state index contributed by atoms with van der Waals surface area (Å²) < 4.78 is 2.00. The lowest BCUT2D eigenvalue weighted by Gasteiger charge is -2.06. The van der Waals surface area contributed by atoms with Crippen LogP contribution in [-0.2, 0) is 0 Å². The van der Waals surface area contributed by atoms with E-state index in [1.165, 1.54) is 5.69 Å². The van der Waals surface area contributed by atoms with E-state index in [0.29, 0.717) is 5.92 Å². The van der Waals surface area contributed by atoms with Gasteiger partial charge in [-0.25, -0.2) is 4.98 Å². The molecular formula is C20H22ClN3. The van der Waals surface area contributed by atoms with E-state index in [9.17, 15) is 0 Å². The predicted octanol–water partition coefficient (Wildman–Crippen LogP) is 6.29. The molecule has 3 nitrogen and oxygen atoms in total. The fourth-order valence-corrected chi connectivity index (χ4v) is 3.07. The van der Waals surface area contributed by atoms with Gasteiger partial charge in [0.25, 0.3) is 0 Å². The molecule has 0 saturated carbocycles. The van der Waals surface area contributed by atoms with E-state index in [-0.39, 0.29) is 0 Å². The Hall–Kier alpha value is -2.26. The first-order chi connectivity index (χ1) is 11.6. The van der Waals surface area contributed by atoms with Gasteiger partial charge in [-0.2, -0.15) is 0 Å². The average molecular weight is 340 g/mol. The largest absolute Gasteiger partial charge is 0.358 e. The number of fused-ring (bicyclic) bond motifs is 2. The molecule has 0 atom stereocenters. The standard InChI is InChI=1S/C18H16ClN3.C2H6/c1-11(2)17-6-13-5-16(19)15(7-18(13)21-17)12-3-4-14-8-20-10-22(14)9-12;1-2/h3-11,21H,1-2H3;1-2H3. The molecule has 0 amide bonds. The summed E-state index contributed by atoms with van der Waals surface area (Å²) in [7, 11) is 0. The lowest BCUT2D eigenvalue weighted by molar-refractivity contribution is 0.836. The number of aromatic nitrogens is 3. The van der Waals surface area contributed by atoms with Crippen molar-refractivity contribution in [3.05, 3.63) is 59.8 Å². The number of imidazole rings is 1. The molecule has 24 heavy (non-hydrogen) atoms. The summed E-state index contributed by atoms with van der Waals surface area (Å²) in [4.78, 5) is 7.64. The van der Waals surface area contributed by atoms with Crippen molar-refractivity contribution < 1.29 is 0 Å². The molecule has 3 aromatic heterocycles. The van der Waals surface area contributed by atoms with Crippen LogP contribution < -0.4 is 0 Å². The second-order valence-electron chi connectivity index (χ2n) is 5.94. The van der Waals surface area contributed by atoms with Gasteiger partial charge in [0.2, 0.25) is 0 Å². The van der Waals surface area contributed by atoms with Gasteiger partial charge >= 0.3 is 0 Å². The molecule has 0 aliphatic carbocycles. The number of hydrogen-bond donors (Lipinski definition) is 1. The van der Waals surface area contributed by atoms with Crippen LogP contribution in [0.4, 0.5) is 0 Å². The molecule has 4 aromatic rings. The predicted molar refractivity (Wildman–Crippen MR) is 103 cm³/mol. The molecule has 0 aliphatic heterocycles. The Morgan fingerprint density at radius 3 is 2.67 bits per heavy atom. The highest BCUT2D eigenvalue weighted by Gasteiger charge is 2.10. The molecule has 1 aromatic carbocycles. The van der Waals surface area contributed by atoms with Gasteiger partial charge in [-0.05, 0) is 35.7 Å². The average Bonchev–Trinajstić information content (AvgIpc) is 3.21. The van der Waals surface area contributed by atoms with Gasteiger partial charge in [0.15, 0.2) is 0 Å². The Labute approximate surface area is 147 Å². The van der Waals surface area contributed by atoms with E-state index in [4.69, 9.17) is 11.6 Å². The summed E-state index contributed by atoms with van der Waals surface area (Å²) in [5.74, 6) is 0.469. The summed E-state index contributed by atoms with van der Waals surface area (Å²) in [6, 6.07) is 10.5. The van der Waals surface area contributed by atoms with Crippen LogP contribution in [0, 0.1) is 0 Å². The normalized spacial score (nSPS) is 11.1. The highest BCUT2D eigenvalue weighted by molar-refractivity contribution is 6.34. The SMILES string of the molecule is CC.CC(C)c1cc2cc(Cl)c(-c3ccc4cncn4c3)cc2[nH]1. The third-order valence-corrected chi connectivity index (χ3v) is 4.38. The molecule has 0 radical (unpaired) electrons. The quantitative estimate of drug-likeness (QED) is 0.457. The molecule has 0 bridgehead atoms. The second-order valence-corrected chi connectivity index (χ2v) is 6.35. The van der Waals surface area contributed by atoms with Gasteiger partial charge in [0, 0.05) is 33.4 Å². The molecule has 0 spiro atoms. The summed E-state index contributed by atoms with van der Waals surface area (Å²) >= 11 is 6.51. The number of H-pyrrole nitrogens is 1. The molecule has 124 valence electrons. The van der Waals surface area contributed by atoms with Crippen LogP contribution in [-0.4, -0.2) is 14.4 Å². The van der Waals surface area contributed by atoms with Crippen molar-refractivity contribution in [3.63, 3.8) is 0 Å². The first kappa shape index (κ1) is 16.6. The van der Waals surface area contributed by atoms with Gasteiger partial charge in [-0.15, -0.1) is 0 Å². The maximum atomic E-state index is 6.51. The molecule has 4 heteroatoms. The summed E-state index contributed by atoms with van der Waals surface area (Å²) in [6.07, 6.45) is 5.70. The summed E-state index contributed by atoms with van der Waals surface area (Å²) in [5.41, 5.74) is 5.53. The zero-order valence-corrected chi connectivity index (χ0v) is 15.2. The van der Waals surface area contributed by atoms with Crippen molar-refractivity contribution >= 4 is 28.0 Å². The maximum Gasteiger partial charge on any atom is 0.0992 e. The molecule has 3 heterocycles. The zero-order chi connectivity index (χ0) is 17.3. The van der Waals surface area contributed by atoms with Gasteiger partial charge < -0.3 is 9.38 Å². The number of hydrogen-bond acceptors (Lipinski definition) is 1. The number of rotatable bonds is 2. The van der Waals surface area contributed by atoms with E-state index in [2.05, 4.69) is 54.3 Å². The fraction of sp³-hybridized carbons (Fsp3) is 0.250. The Bertz CT molecular complexity index is 979. The molecule has 0 unspecified atom stereocenters. The van der Waals surface area contributed by atoms with Gasteiger partial charge in [-0.3, -0.25) is 0 Å². The molecule has 1 N–H and O–H groups in total. The van der Waals surface area contributed by atoms with Crippen LogP contribution in [0.2, 0.25) is 5.02 Å². The number of benzene rings is 1. The molecule has 0 fully saturated rings. The molecule has 0 aliphatic rings. The van der Waals surface area contributed by atoms with Gasteiger partial charge in [0.1, 0.15) is 0 Å². The number of nitrogens with one attached hydrogen (secondary N) is 1. The van der Waals surface area contributed by atoms with Crippen molar-refractivity contribution in [3.8, 4) is 11.1 Å². The van der Waals surface area contributed by atoms with Gasteiger partial charge in [0.05, 0.1) is 18.0 Å². The van der Waals surface area contributed by atoms with E-state index in [0.717, 1.165) is 32.6 Å². The lowest BCUT2D eigenvalue weighted by Crippen LogP contribution is -1.86. The minimum Gasteiger partial charge on any atom is -0.358 e. The number of halogens is 1. The fourth-order valence-electron chi connectivity index (χ4n) is 2.79. The molecular weight excluding hydrogens is 318 g/mol. The minimum absolute atomic E-state index is 0.469. The Morgan fingerprint density at radius 1 is 1.12 bits per heavy atom. The van der Waals surface area contributed by atoms with E-state index in [1.54, 1.807) is 6.33 Å². The number of aromatic amines is 1. The van der Waals surface area contributed by atoms with Crippen molar-refractivity contribution in [2.45, 2.75) is 33.6 Å². The highest BCUT2D eigenvalue weighted by Crippen LogP contribution is 2.33. The smallest absolute Gasteiger partial charge is 0.0992 e. The van der Waals surface area contributed by atoms with Crippen LogP contribution >= 0.6 is 11.6 Å². The van der Waals surface area contributed by atoms with Crippen LogP contribution in [0.3, 0.4) is 0 Å². The Kier molecular flexibility index (Phi) is 4.63. The highest BCUT2D eigenvalue weighted by atomic mass is 35.5. The first-order valence-electron chi connectivity index (χ1n) is 8.36. The maximum absolute atomic E-state index is 6.51. The minimum atomic E-state index is 0.469. The lowest BCUT2D eigenvalue weighted by atomic mass is 10.1. The van der Waals surface area contributed by atoms with Crippen molar-refractivity contribution in [2.24, 2.45) is 0 Å². The van der Waals surface area contributed by atoms with Crippen LogP contribution in [0.5, 0.6) is 0 Å². The molecule has 0 saturated heterocycles. The zero-order valence-electron chi connectivity index (χ0n) is 14.5. The Balaban J connectivity index is 0.000000815. The van der Waals surface area contributed by atoms with E-state index >= 15 is 0 Å². The van der Waals surface area contributed by atoms with E-state index < -0.39 is 0 Å². The van der Waals surface area contributed by atoms with Gasteiger partial charge in [-0.1, -0.05) is 45.4 Å². The topological polar surface area (TPSA) is 33.1 Å². The molecule has 4 rings (SSSR count). The Morgan fingerprint density at radius 2 is 1.92 bits per heavy atom. The van der Waals surface area contributed by atoms with Crippen molar-refractivity contribution in [1.82, 2.24) is 14.4 Å².